The molecule has 3 aliphatic carbocycles. The van der Waals surface area contributed by atoms with E-state index >= 15 is 0 Å². The van der Waals surface area contributed by atoms with E-state index in [9.17, 15) is 0 Å². The second-order valence-electron chi connectivity index (χ2n) is 7.27. The van der Waals surface area contributed by atoms with Gasteiger partial charge in [0.1, 0.15) is 0 Å². The van der Waals surface area contributed by atoms with Crippen LogP contribution in [0, 0.1) is 0 Å². The van der Waals surface area contributed by atoms with E-state index in [1.807, 2.05) is 0 Å². The average molecular weight is 360 g/mol. The Labute approximate surface area is 157 Å². The van der Waals surface area contributed by atoms with Crippen molar-refractivity contribution in [3.05, 3.63) is 44.6 Å². The minimum atomic E-state index is 0.647. The van der Waals surface area contributed by atoms with Crippen LogP contribution < -0.4 is 0 Å². The lowest BCUT2D eigenvalue weighted by Gasteiger charge is -2.26. The number of hydrogen-bond acceptors (Lipinski definition) is 4. The Kier molecular flexibility index (Phi) is 6.87. The molecule has 0 aromatic rings. The molecule has 0 aromatic carbocycles. The van der Waals surface area contributed by atoms with E-state index in [2.05, 4.69) is 0 Å². The number of ether oxygens (including phenoxy) is 4. The van der Waals surface area contributed by atoms with Gasteiger partial charge in [0, 0.05) is 28.4 Å². The summed E-state index contributed by atoms with van der Waals surface area (Å²) in [5.74, 6) is 0. The molecule has 0 amide bonds. The van der Waals surface area contributed by atoms with Crippen molar-refractivity contribution < 1.29 is 18.9 Å². The minimum Gasteiger partial charge on any atom is -0.380 e. The van der Waals surface area contributed by atoms with E-state index in [-0.39, 0.29) is 0 Å². The summed E-state index contributed by atoms with van der Waals surface area (Å²) >= 11 is 0. The first-order valence-electron chi connectivity index (χ1n) is 9.62. The van der Waals surface area contributed by atoms with Crippen molar-refractivity contribution >= 4 is 0 Å². The molecule has 0 atom stereocenters. The first-order valence-corrected chi connectivity index (χ1v) is 9.62. The molecule has 144 valence electrons. The lowest BCUT2D eigenvalue weighted by Crippen LogP contribution is -2.16. The zero-order chi connectivity index (χ0) is 18.5. The lowest BCUT2D eigenvalue weighted by atomic mass is 9.83. The number of methoxy groups -OCH3 is 4. The smallest absolute Gasteiger partial charge is 0.0719 e. The second-order valence-corrected chi connectivity index (χ2v) is 7.27. The van der Waals surface area contributed by atoms with E-state index in [0.29, 0.717) is 26.4 Å². The first-order chi connectivity index (χ1) is 12.8. The molecule has 0 saturated heterocycles. The van der Waals surface area contributed by atoms with Gasteiger partial charge in [-0.2, -0.15) is 0 Å². The highest BCUT2D eigenvalue weighted by Crippen LogP contribution is 2.46. The second kappa shape index (κ2) is 9.14. The summed E-state index contributed by atoms with van der Waals surface area (Å²) in [6.07, 6.45) is 6.82. The Hall–Kier alpha value is -1.20. The highest BCUT2D eigenvalue weighted by atomic mass is 16.5. The van der Waals surface area contributed by atoms with Gasteiger partial charge in [-0.3, -0.25) is 0 Å². The van der Waals surface area contributed by atoms with E-state index in [1.165, 1.54) is 57.4 Å². The van der Waals surface area contributed by atoms with Gasteiger partial charge < -0.3 is 18.9 Å². The van der Waals surface area contributed by atoms with Crippen molar-refractivity contribution in [2.45, 2.75) is 38.5 Å². The van der Waals surface area contributed by atoms with Crippen LogP contribution in [0.1, 0.15) is 38.5 Å². The van der Waals surface area contributed by atoms with Crippen molar-refractivity contribution in [1.29, 1.82) is 0 Å². The summed E-state index contributed by atoms with van der Waals surface area (Å²) < 4.78 is 22.6. The molecule has 0 aliphatic heterocycles. The zero-order valence-corrected chi connectivity index (χ0v) is 16.7. The molecule has 0 spiro atoms. The third-order valence-electron chi connectivity index (χ3n) is 5.78. The van der Waals surface area contributed by atoms with Crippen LogP contribution in [-0.4, -0.2) is 54.9 Å². The molecule has 0 radical (unpaired) electrons. The van der Waals surface area contributed by atoms with Crippen LogP contribution in [0.15, 0.2) is 44.6 Å². The molecular formula is C22H32O4. The molecule has 0 bridgehead atoms. The number of hydrogen-bond donors (Lipinski definition) is 0. The van der Waals surface area contributed by atoms with Gasteiger partial charge >= 0.3 is 0 Å². The van der Waals surface area contributed by atoms with Gasteiger partial charge in [0.2, 0.25) is 0 Å². The Morgan fingerprint density at radius 3 is 0.885 bits per heavy atom. The maximum atomic E-state index is 5.64. The van der Waals surface area contributed by atoms with Gasteiger partial charge in [0.25, 0.3) is 0 Å². The van der Waals surface area contributed by atoms with Crippen LogP contribution in [0.4, 0.5) is 0 Å². The minimum absolute atomic E-state index is 0.647. The van der Waals surface area contributed by atoms with Crippen LogP contribution in [0.5, 0.6) is 0 Å². The molecule has 4 nitrogen and oxygen atoms in total. The van der Waals surface area contributed by atoms with Gasteiger partial charge in [-0.05, 0) is 83.1 Å². The summed E-state index contributed by atoms with van der Waals surface area (Å²) in [7, 11) is 7.16. The van der Waals surface area contributed by atoms with Gasteiger partial charge in [-0.15, -0.1) is 0 Å². The topological polar surface area (TPSA) is 36.9 Å². The van der Waals surface area contributed by atoms with Crippen molar-refractivity contribution in [2.75, 3.05) is 54.9 Å². The quantitative estimate of drug-likeness (QED) is 0.652. The molecule has 0 aromatic heterocycles. The molecule has 0 saturated carbocycles. The highest BCUT2D eigenvalue weighted by molar-refractivity contribution is 5.63. The predicted octanol–water partition coefficient (Wildman–Crippen LogP) is 4.14. The molecule has 4 heteroatoms. The number of rotatable bonds is 8. The monoisotopic (exact) mass is 360 g/mol. The fourth-order valence-electron chi connectivity index (χ4n) is 4.82. The highest BCUT2D eigenvalue weighted by Gasteiger charge is 2.32. The molecule has 0 N–H and O–H groups in total. The van der Waals surface area contributed by atoms with Crippen molar-refractivity contribution in [3.8, 4) is 0 Å². The van der Waals surface area contributed by atoms with Crippen molar-refractivity contribution in [3.63, 3.8) is 0 Å². The molecule has 26 heavy (non-hydrogen) atoms. The standard InChI is InChI=1S/C22H32O4/c1-23-11-19-15-7-5-8-16(15)21(13-25-3)22(14-26-4)18-10-6-9-17(18)20(19)12-24-2/h5-14H2,1-4H3/b19-15?,20-17?,20-19-,21-16?,22-18?,22-21-. The maximum Gasteiger partial charge on any atom is 0.0719 e. The molecule has 0 heterocycles. The van der Waals surface area contributed by atoms with Gasteiger partial charge in [-0.25, -0.2) is 0 Å². The Morgan fingerprint density at radius 1 is 0.462 bits per heavy atom. The molecule has 0 unspecified atom stereocenters. The summed E-state index contributed by atoms with van der Waals surface area (Å²) in [5.41, 5.74) is 11.2. The SMILES string of the molecule is COC/C1=C(\COC)C2=C(CCC2)/C(COC)=C(/COC)C2=C1CCC2. The average Bonchev–Trinajstić information content (AvgIpc) is 3.29. The van der Waals surface area contributed by atoms with Gasteiger partial charge in [0.15, 0.2) is 0 Å². The van der Waals surface area contributed by atoms with Crippen molar-refractivity contribution in [1.82, 2.24) is 0 Å². The fourth-order valence-corrected chi connectivity index (χ4v) is 4.82. The molecular weight excluding hydrogens is 328 g/mol. The van der Waals surface area contributed by atoms with E-state index in [0.717, 1.165) is 25.7 Å². The Balaban J connectivity index is 2.28. The van der Waals surface area contributed by atoms with Crippen LogP contribution in [-0.2, 0) is 18.9 Å². The van der Waals surface area contributed by atoms with Crippen molar-refractivity contribution in [2.24, 2.45) is 0 Å². The third-order valence-corrected chi connectivity index (χ3v) is 5.78. The fraction of sp³-hybridized carbons (Fsp3) is 0.636. The van der Waals surface area contributed by atoms with Crippen LogP contribution in [0.25, 0.3) is 0 Å². The largest absolute Gasteiger partial charge is 0.380 e. The summed E-state index contributed by atoms with van der Waals surface area (Å²) in [5, 5.41) is 0. The van der Waals surface area contributed by atoms with E-state index < -0.39 is 0 Å². The summed E-state index contributed by atoms with van der Waals surface area (Å²) in [6, 6.07) is 0. The van der Waals surface area contributed by atoms with Crippen LogP contribution in [0.2, 0.25) is 0 Å². The Morgan fingerprint density at radius 2 is 0.692 bits per heavy atom. The third kappa shape index (κ3) is 3.61. The maximum absolute atomic E-state index is 5.64. The first kappa shape index (κ1) is 19.6. The lowest BCUT2D eigenvalue weighted by molar-refractivity contribution is 0.210. The van der Waals surface area contributed by atoms with Gasteiger partial charge in [0.05, 0.1) is 26.4 Å². The molecule has 0 fully saturated rings. The normalized spacial score (nSPS) is 26.3. The zero-order valence-electron chi connectivity index (χ0n) is 16.7. The summed E-state index contributed by atoms with van der Waals surface area (Å²) in [4.78, 5) is 0. The van der Waals surface area contributed by atoms with Gasteiger partial charge in [-0.1, -0.05) is 0 Å². The molecule has 3 aliphatic rings. The van der Waals surface area contributed by atoms with E-state index in [4.69, 9.17) is 18.9 Å². The predicted molar refractivity (Wildman–Crippen MR) is 103 cm³/mol. The van der Waals surface area contributed by atoms with Crippen LogP contribution in [0.3, 0.4) is 0 Å². The Bertz CT molecular complexity index is 554. The summed E-state index contributed by atoms with van der Waals surface area (Å²) in [6.45, 7) is 2.59. The van der Waals surface area contributed by atoms with Crippen LogP contribution >= 0.6 is 0 Å². The van der Waals surface area contributed by atoms with E-state index in [1.54, 1.807) is 28.4 Å². The molecule has 3 rings (SSSR count).